The van der Waals surface area contributed by atoms with Gasteiger partial charge in [-0.25, -0.2) is 0 Å². The first-order chi connectivity index (χ1) is 7.83. The van der Waals surface area contributed by atoms with E-state index in [1.54, 1.807) is 6.92 Å². The lowest BCUT2D eigenvalue weighted by atomic mass is 9.85. The van der Waals surface area contributed by atoms with Crippen LogP contribution >= 0.6 is 0 Å². The van der Waals surface area contributed by atoms with Crippen LogP contribution in [0.5, 0.6) is 0 Å². The third-order valence-corrected chi connectivity index (χ3v) is 3.10. The lowest BCUT2D eigenvalue weighted by molar-refractivity contribution is -0.216. The number of aliphatic hydroxyl groups excluding tert-OH is 1. The maximum absolute atomic E-state index is 12.9. The summed E-state index contributed by atoms with van der Waals surface area (Å²) in [5.74, 6) is -1.05. The summed E-state index contributed by atoms with van der Waals surface area (Å²) in [7, 11) is 0. The highest BCUT2D eigenvalue weighted by Gasteiger charge is 2.61. The van der Waals surface area contributed by atoms with Crippen molar-refractivity contribution in [2.24, 2.45) is 5.41 Å². The highest BCUT2D eigenvalue weighted by molar-refractivity contribution is 5.84. The van der Waals surface area contributed by atoms with E-state index in [0.29, 0.717) is 6.42 Å². The van der Waals surface area contributed by atoms with Crippen LogP contribution in [0.4, 0.5) is 13.2 Å². The number of hydrogen-bond acceptors (Lipinski definition) is 3. The van der Waals surface area contributed by atoms with Gasteiger partial charge >= 0.3 is 6.18 Å². The standard InChI is InChI=1S/C10H17F3N2O2/c1-2-7(16)5-15-8(17)9(10(11,12)13)3-4-14-6-9/h7,14,16H,2-6H2,1H3,(H,15,17). The third kappa shape index (κ3) is 2.90. The maximum Gasteiger partial charge on any atom is 0.404 e. The second-order valence-corrected chi connectivity index (χ2v) is 4.28. The Hall–Kier alpha value is -0.820. The predicted octanol–water partition coefficient (Wildman–Crippen LogP) is 0.415. The molecule has 1 saturated heterocycles. The first-order valence-electron chi connectivity index (χ1n) is 5.57. The summed E-state index contributed by atoms with van der Waals surface area (Å²) in [6.07, 6.45) is -5.25. The molecule has 2 unspecified atom stereocenters. The Balaban J connectivity index is 2.69. The second kappa shape index (κ2) is 5.22. The molecule has 1 aliphatic rings. The van der Waals surface area contributed by atoms with E-state index < -0.39 is 30.1 Å². The molecule has 0 aromatic rings. The number of carbonyl (C=O) groups is 1. The summed E-state index contributed by atoms with van der Waals surface area (Å²) < 4.78 is 38.7. The van der Waals surface area contributed by atoms with Crippen molar-refractivity contribution in [3.05, 3.63) is 0 Å². The van der Waals surface area contributed by atoms with E-state index in [-0.39, 0.29) is 19.5 Å². The topological polar surface area (TPSA) is 61.4 Å². The summed E-state index contributed by atoms with van der Waals surface area (Å²) in [5, 5.41) is 14.0. The highest BCUT2D eigenvalue weighted by atomic mass is 19.4. The quantitative estimate of drug-likeness (QED) is 0.681. The monoisotopic (exact) mass is 254 g/mol. The van der Waals surface area contributed by atoms with Gasteiger partial charge < -0.3 is 15.7 Å². The van der Waals surface area contributed by atoms with Gasteiger partial charge in [0.25, 0.3) is 0 Å². The Labute approximate surface area is 97.6 Å². The van der Waals surface area contributed by atoms with Gasteiger partial charge in [-0.3, -0.25) is 4.79 Å². The zero-order valence-electron chi connectivity index (χ0n) is 9.60. The van der Waals surface area contributed by atoms with Gasteiger partial charge in [-0.05, 0) is 19.4 Å². The molecule has 7 heteroatoms. The molecule has 1 heterocycles. The molecule has 1 amide bonds. The Kier molecular flexibility index (Phi) is 4.37. The van der Waals surface area contributed by atoms with E-state index in [2.05, 4.69) is 10.6 Å². The second-order valence-electron chi connectivity index (χ2n) is 4.28. The molecule has 4 nitrogen and oxygen atoms in total. The van der Waals surface area contributed by atoms with Crippen LogP contribution in [-0.4, -0.2) is 42.9 Å². The van der Waals surface area contributed by atoms with Crippen LogP contribution in [0.1, 0.15) is 19.8 Å². The molecule has 1 aliphatic heterocycles. The Morgan fingerprint density at radius 2 is 2.24 bits per heavy atom. The minimum Gasteiger partial charge on any atom is -0.391 e. The van der Waals surface area contributed by atoms with Crippen molar-refractivity contribution in [1.82, 2.24) is 10.6 Å². The molecule has 2 atom stereocenters. The van der Waals surface area contributed by atoms with Gasteiger partial charge in [0.1, 0.15) is 0 Å². The van der Waals surface area contributed by atoms with E-state index in [1.807, 2.05) is 0 Å². The van der Waals surface area contributed by atoms with Crippen molar-refractivity contribution in [3.63, 3.8) is 0 Å². The molecule has 1 rings (SSSR count). The van der Waals surface area contributed by atoms with Crippen molar-refractivity contribution in [2.75, 3.05) is 19.6 Å². The van der Waals surface area contributed by atoms with Gasteiger partial charge in [-0.2, -0.15) is 13.2 Å². The number of alkyl halides is 3. The van der Waals surface area contributed by atoms with E-state index in [9.17, 15) is 23.1 Å². The van der Waals surface area contributed by atoms with E-state index in [0.717, 1.165) is 0 Å². The minimum atomic E-state index is -4.57. The summed E-state index contributed by atoms with van der Waals surface area (Å²) in [5.41, 5.74) is -2.35. The van der Waals surface area contributed by atoms with Crippen LogP contribution < -0.4 is 10.6 Å². The predicted molar refractivity (Wildman–Crippen MR) is 55.3 cm³/mol. The lowest BCUT2D eigenvalue weighted by Gasteiger charge is -2.29. The number of halogens is 3. The molecular formula is C10H17F3N2O2. The molecule has 100 valence electrons. The van der Waals surface area contributed by atoms with Gasteiger partial charge in [0.2, 0.25) is 5.91 Å². The van der Waals surface area contributed by atoms with Gasteiger partial charge in [-0.15, -0.1) is 0 Å². The number of amides is 1. The van der Waals surface area contributed by atoms with E-state index in [4.69, 9.17) is 0 Å². The Morgan fingerprint density at radius 3 is 2.65 bits per heavy atom. The Morgan fingerprint density at radius 1 is 1.59 bits per heavy atom. The molecule has 0 aromatic carbocycles. The SMILES string of the molecule is CCC(O)CNC(=O)C1(C(F)(F)F)CCNC1. The number of hydrogen-bond donors (Lipinski definition) is 3. The fraction of sp³-hybridized carbons (Fsp3) is 0.900. The van der Waals surface area contributed by atoms with Crippen molar-refractivity contribution >= 4 is 5.91 Å². The van der Waals surface area contributed by atoms with Crippen LogP contribution in [-0.2, 0) is 4.79 Å². The number of nitrogens with one attached hydrogen (secondary N) is 2. The van der Waals surface area contributed by atoms with Gasteiger partial charge in [-0.1, -0.05) is 6.92 Å². The smallest absolute Gasteiger partial charge is 0.391 e. The number of aliphatic hydroxyl groups is 1. The molecule has 0 aliphatic carbocycles. The summed E-state index contributed by atoms with van der Waals surface area (Å²) in [4.78, 5) is 11.7. The minimum absolute atomic E-state index is 0.146. The van der Waals surface area contributed by atoms with Crippen molar-refractivity contribution < 1.29 is 23.1 Å². The first-order valence-corrected chi connectivity index (χ1v) is 5.57. The lowest BCUT2D eigenvalue weighted by Crippen LogP contribution is -2.53. The molecule has 17 heavy (non-hydrogen) atoms. The van der Waals surface area contributed by atoms with E-state index in [1.165, 1.54) is 0 Å². The average Bonchev–Trinajstić information content (AvgIpc) is 2.74. The van der Waals surface area contributed by atoms with Gasteiger partial charge in [0.15, 0.2) is 5.41 Å². The molecule has 1 fully saturated rings. The number of carbonyl (C=O) groups excluding carboxylic acids is 1. The first kappa shape index (κ1) is 14.2. The van der Waals surface area contributed by atoms with Crippen LogP contribution in [0.25, 0.3) is 0 Å². The zero-order valence-corrected chi connectivity index (χ0v) is 9.60. The highest BCUT2D eigenvalue weighted by Crippen LogP contribution is 2.43. The summed E-state index contributed by atoms with van der Waals surface area (Å²) in [6.45, 7) is 1.31. The molecule has 0 saturated carbocycles. The van der Waals surface area contributed by atoms with Crippen LogP contribution in [0.15, 0.2) is 0 Å². The molecule has 0 bridgehead atoms. The summed E-state index contributed by atoms with van der Waals surface area (Å²) in [6, 6.07) is 0. The third-order valence-electron chi connectivity index (χ3n) is 3.10. The maximum atomic E-state index is 12.9. The Bertz CT molecular complexity index is 275. The van der Waals surface area contributed by atoms with Gasteiger partial charge in [0, 0.05) is 13.1 Å². The molecule has 0 radical (unpaired) electrons. The zero-order chi connectivity index (χ0) is 13.1. The summed E-state index contributed by atoms with van der Waals surface area (Å²) >= 11 is 0. The van der Waals surface area contributed by atoms with Crippen LogP contribution in [0, 0.1) is 5.41 Å². The van der Waals surface area contributed by atoms with E-state index >= 15 is 0 Å². The van der Waals surface area contributed by atoms with Crippen molar-refractivity contribution in [2.45, 2.75) is 32.0 Å². The number of rotatable bonds is 4. The van der Waals surface area contributed by atoms with Crippen LogP contribution in [0.2, 0.25) is 0 Å². The average molecular weight is 254 g/mol. The van der Waals surface area contributed by atoms with Crippen LogP contribution in [0.3, 0.4) is 0 Å². The molecule has 3 N–H and O–H groups in total. The molecule has 0 spiro atoms. The fourth-order valence-corrected chi connectivity index (χ4v) is 1.78. The van der Waals surface area contributed by atoms with Gasteiger partial charge in [0.05, 0.1) is 6.10 Å². The largest absolute Gasteiger partial charge is 0.404 e. The fourth-order valence-electron chi connectivity index (χ4n) is 1.78. The molecular weight excluding hydrogens is 237 g/mol. The normalized spacial score (nSPS) is 26.9. The molecule has 0 aromatic heterocycles. The van der Waals surface area contributed by atoms with Crippen molar-refractivity contribution in [3.8, 4) is 0 Å². The van der Waals surface area contributed by atoms with Crippen molar-refractivity contribution in [1.29, 1.82) is 0 Å².